The van der Waals surface area contributed by atoms with E-state index in [1.165, 1.54) is 0 Å². The zero-order valence-corrected chi connectivity index (χ0v) is 13.9. The Kier molecular flexibility index (Phi) is 5.77. The number of carbonyl (C=O) groups is 1. The van der Waals surface area contributed by atoms with Gasteiger partial charge >= 0.3 is 0 Å². The number of nitrogens with one attached hydrogen (secondary N) is 1. The van der Waals surface area contributed by atoms with Crippen LogP contribution < -0.4 is 15.8 Å². The van der Waals surface area contributed by atoms with Crippen molar-refractivity contribution in [2.75, 3.05) is 5.32 Å². The molecule has 0 aromatic heterocycles. The first kappa shape index (κ1) is 17.0. The Morgan fingerprint density at radius 3 is 2.43 bits per heavy atom. The Bertz CT molecular complexity index is 661. The van der Waals surface area contributed by atoms with Gasteiger partial charge in [0.1, 0.15) is 5.75 Å². The van der Waals surface area contributed by atoms with Crippen molar-refractivity contribution in [1.82, 2.24) is 0 Å². The van der Waals surface area contributed by atoms with Gasteiger partial charge in [-0.3, -0.25) is 4.79 Å². The number of nitrogens with two attached hydrogens (primary N) is 1. The van der Waals surface area contributed by atoms with E-state index in [0.29, 0.717) is 24.3 Å². The van der Waals surface area contributed by atoms with Crippen LogP contribution in [-0.2, 0) is 4.79 Å². The van der Waals surface area contributed by atoms with Gasteiger partial charge in [0.2, 0.25) is 5.91 Å². The van der Waals surface area contributed by atoms with Gasteiger partial charge < -0.3 is 15.8 Å². The first-order chi connectivity index (χ1) is 11.0. The fraction of sp³-hybridized carbons (Fsp3) is 0.316. The predicted octanol–water partition coefficient (Wildman–Crippen LogP) is 4.16. The summed E-state index contributed by atoms with van der Waals surface area (Å²) in [6.07, 6.45) is 1.06. The molecule has 3 N–H and O–H groups in total. The fourth-order valence-corrected chi connectivity index (χ4v) is 2.30. The molecule has 0 aliphatic heterocycles. The molecule has 0 bridgehead atoms. The maximum absolute atomic E-state index is 12.0. The van der Waals surface area contributed by atoms with Crippen molar-refractivity contribution in [2.45, 2.75) is 39.7 Å². The second-order valence-corrected chi connectivity index (χ2v) is 5.88. The molecule has 122 valence electrons. The Balaban J connectivity index is 2.16. The molecule has 4 nitrogen and oxygen atoms in total. The molecule has 0 fully saturated rings. The van der Waals surface area contributed by atoms with Gasteiger partial charge in [0.05, 0.1) is 5.69 Å². The molecule has 2 rings (SSSR count). The summed E-state index contributed by atoms with van der Waals surface area (Å²) in [5.74, 6) is 1.41. The number of ether oxygens (including phenoxy) is 1. The Hall–Kier alpha value is -2.33. The quantitative estimate of drug-likeness (QED) is 0.841. The van der Waals surface area contributed by atoms with E-state index >= 15 is 0 Å². The van der Waals surface area contributed by atoms with Gasteiger partial charge in [0, 0.05) is 12.5 Å². The smallest absolute Gasteiger partial charge is 0.224 e. The monoisotopic (exact) mass is 312 g/mol. The number of benzene rings is 2. The zero-order valence-electron chi connectivity index (χ0n) is 13.9. The molecule has 1 unspecified atom stereocenters. The summed E-state index contributed by atoms with van der Waals surface area (Å²) in [6.45, 7) is 5.91. The van der Waals surface area contributed by atoms with E-state index in [2.05, 4.69) is 5.32 Å². The van der Waals surface area contributed by atoms with Crippen molar-refractivity contribution >= 4 is 11.6 Å². The standard InChI is InChI=1S/C19H24N2O2/c1-13-7-6-8-14(2)19(13)23-17-10-5-4-9-16(17)21-18(22)12-11-15(3)20/h4-10,15H,11-12,20H2,1-3H3,(H,21,22). The van der Waals surface area contributed by atoms with Crippen LogP contribution in [0.3, 0.4) is 0 Å². The van der Waals surface area contributed by atoms with E-state index in [9.17, 15) is 4.79 Å². The highest BCUT2D eigenvalue weighted by molar-refractivity contribution is 5.92. The fourth-order valence-electron chi connectivity index (χ4n) is 2.30. The average Bonchev–Trinajstić information content (AvgIpc) is 2.50. The van der Waals surface area contributed by atoms with Crippen LogP contribution in [0, 0.1) is 13.8 Å². The van der Waals surface area contributed by atoms with Crippen LogP contribution in [-0.4, -0.2) is 11.9 Å². The maximum Gasteiger partial charge on any atom is 0.224 e. The SMILES string of the molecule is Cc1cccc(C)c1Oc1ccccc1NC(=O)CCC(C)N. The van der Waals surface area contributed by atoms with E-state index in [1.54, 1.807) is 0 Å². The van der Waals surface area contributed by atoms with Crippen LogP contribution >= 0.6 is 0 Å². The second-order valence-electron chi connectivity index (χ2n) is 5.88. The van der Waals surface area contributed by atoms with E-state index in [-0.39, 0.29) is 11.9 Å². The van der Waals surface area contributed by atoms with Gasteiger partial charge in [0.15, 0.2) is 5.75 Å². The van der Waals surface area contributed by atoms with Gasteiger partial charge in [0.25, 0.3) is 0 Å². The highest BCUT2D eigenvalue weighted by Crippen LogP contribution is 2.33. The molecule has 4 heteroatoms. The number of anilines is 1. The van der Waals surface area contributed by atoms with E-state index in [0.717, 1.165) is 16.9 Å². The lowest BCUT2D eigenvalue weighted by atomic mass is 10.1. The summed E-state index contributed by atoms with van der Waals surface area (Å²) in [7, 11) is 0. The molecule has 2 aromatic carbocycles. The van der Waals surface area contributed by atoms with E-state index < -0.39 is 0 Å². The van der Waals surface area contributed by atoms with Gasteiger partial charge in [-0.2, -0.15) is 0 Å². The molecule has 0 heterocycles. The van der Waals surface area contributed by atoms with Gasteiger partial charge in [-0.05, 0) is 50.5 Å². The van der Waals surface area contributed by atoms with Crippen molar-refractivity contribution in [3.8, 4) is 11.5 Å². The number of hydrogen-bond acceptors (Lipinski definition) is 3. The first-order valence-electron chi connectivity index (χ1n) is 7.86. The van der Waals surface area contributed by atoms with E-state index in [4.69, 9.17) is 10.5 Å². The number of carbonyl (C=O) groups excluding carboxylic acids is 1. The maximum atomic E-state index is 12.0. The molecule has 0 saturated carbocycles. The minimum atomic E-state index is -0.0557. The van der Waals surface area contributed by atoms with Crippen LogP contribution in [0.2, 0.25) is 0 Å². The third-order valence-electron chi connectivity index (χ3n) is 3.61. The lowest BCUT2D eigenvalue weighted by Crippen LogP contribution is -2.19. The van der Waals surface area contributed by atoms with Crippen molar-refractivity contribution in [3.05, 3.63) is 53.6 Å². The molecule has 0 aliphatic rings. The molecule has 23 heavy (non-hydrogen) atoms. The average molecular weight is 312 g/mol. The van der Waals surface area contributed by atoms with Crippen molar-refractivity contribution in [2.24, 2.45) is 5.73 Å². The van der Waals surface area contributed by atoms with Gasteiger partial charge in [-0.25, -0.2) is 0 Å². The lowest BCUT2D eigenvalue weighted by Gasteiger charge is -2.15. The minimum absolute atomic E-state index is 0.0156. The summed E-state index contributed by atoms with van der Waals surface area (Å²) in [5, 5.41) is 2.91. The summed E-state index contributed by atoms with van der Waals surface area (Å²) >= 11 is 0. The van der Waals surface area contributed by atoms with Crippen molar-refractivity contribution in [1.29, 1.82) is 0 Å². The molecular formula is C19H24N2O2. The number of amides is 1. The van der Waals surface area contributed by atoms with Crippen LogP contribution in [0.25, 0.3) is 0 Å². The number of rotatable bonds is 6. The van der Waals surface area contributed by atoms with Gasteiger partial charge in [-0.1, -0.05) is 30.3 Å². The Morgan fingerprint density at radius 2 is 1.78 bits per heavy atom. The topological polar surface area (TPSA) is 64.3 Å². The minimum Gasteiger partial charge on any atom is -0.455 e. The Morgan fingerprint density at radius 1 is 1.13 bits per heavy atom. The van der Waals surface area contributed by atoms with E-state index in [1.807, 2.05) is 63.2 Å². The lowest BCUT2D eigenvalue weighted by molar-refractivity contribution is -0.116. The summed E-state index contributed by atoms with van der Waals surface area (Å²) in [5.41, 5.74) is 8.48. The molecule has 1 amide bonds. The summed E-state index contributed by atoms with van der Waals surface area (Å²) in [6, 6.07) is 13.5. The van der Waals surface area contributed by atoms with Crippen LogP contribution in [0.15, 0.2) is 42.5 Å². The summed E-state index contributed by atoms with van der Waals surface area (Å²) < 4.78 is 6.06. The molecule has 0 aliphatic carbocycles. The molecular weight excluding hydrogens is 288 g/mol. The predicted molar refractivity (Wildman–Crippen MR) is 93.9 cm³/mol. The largest absolute Gasteiger partial charge is 0.455 e. The highest BCUT2D eigenvalue weighted by atomic mass is 16.5. The molecule has 0 radical (unpaired) electrons. The highest BCUT2D eigenvalue weighted by Gasteiger charge is 2.11. The third kappa shape index (κ3) is 4.83. The number of para-hydroxylation sites is 3. The first-order valence-corrected chi connectivity index (χ1v) is 7.86. The van der Waals surface area contributed by atoms with Crippen molar-refractivity contribution in [3.63, 3.8) is 0 Å². The van der Waals surface area contributed by atoms with Gasteiger partial charge in [-0.15, -0.1) is 0 Å². The molecule has 2 aromatic rings. The molecule has 0 spiro atoms. The Labute approximate surface area is 137 Å². The van der Waals surface area contributed by atoms with Crippen LogP contribution in [0.5, 0.6) is 11.5 Å². The number of aryl methyl sites for hydroxylation is 2. The summed E-state index contributed by atoms with van der Waals surface area (Å²) in [4.78, 5) is 12.0. The van der Waals surface area contributed by atoms with Crippen molar-refractivity contribution < 1.29 is 9.53 Å². The second kappa shape index (κ2) is 7.79. The molecule has 1 atom stereocenters. The van der Waals surface area contributed by atoms with Crippen LogP contribution in [0.1, 0.15) is 30.9 Å². The molecule has 0 saturated heterocycles. The third-order valence-corrected chi connectivity index (χ3v) is 3.61. The van der Waals surface area contributed by atoms with Crippen LogP contribution in [0.4, 0.5) is 5.69 Å². The normalized spacial score (nSPS) is 11.8. The number of hydrogen-bond donors (Lipinski definition) is 2. The zero-order chi connectivity index (χ0) is 16.8.